The second-order valence-electron chi connectivity index (χ2n) is 8.88. The first-order valence-electron chi connectivity index (χ1n) is 11.7. The Morgan fingerprint density at radius 1 is 0.545 bits per heavy atom. The van der Waals surface area contributed by atoms with Crippen molar-refractivity contribution in [2.75, 3.05) is 0 Å². The molecule has 162 valence electrons. The van der Waals surface area contributed by atoms with E-state index < -0.39 is 5.54 Å². The van der Waals surface area contributed by atoms with Gasteiger partial charge in [0, 0.05) is 6.04 Å². The Bertz CT molecular complexity index is 1270. The molecule has 0 bridgehead atoms. The molecule has 0 radical (unpaired) electrons. The molecule has 0 saturated carbocycles. The maximum absolute atomic E-state index is 3.99. The van der Waals surface area contributed by atoms with Crippen LogP contribution in [0.1, 0.15) is 36.1 Å². The van der Waals surface area contributed by atoms with Crippen LogP contribution in [0, 0.1) is 0 Å². The molecule has 1 unspecified atom stereocenters. The van der Waals surface area contributed by atoms with Crippen molar-refractivity contribution in [1.29, 1.82) is 0 Å². The van der Waals surface area contributed by atoms with Crippen LogP contribution in [-0.2, 0) is 5.54 Å². The van der Waals surface area contributed by atoms with Gasteiger partial charge in [-0.1, -0.05) is 121 Å². The Hall–Kier alpha value is -3.68. The van der Waals surface area contributed by atoms with Crippen LogP contribution in [0.5, 0.6) is 0 Å². The molecule has 4 aromatic rings. The molecular weight excluding hydrogens is 398 g/mol. The third-order valence-corrected chi connectivity index (χ3v) is 6.23. The van der Waals surface area contributed by atoms with E-state index in [9.17, 15) is 0 Å². The Balaban J connectivity index is 1.91. The standard InChI is InChI=1S/C32H29N/c1-24(2)33-32(28-21-13-6-14-22-28)23-29(25-15-7-3-8-16-25)30(26-17-9-4-10-18-26)31(32)27-19-11-5-12-20-27/h3-24,33H,1-2H3. The van der Waals surface area contributed by atoms with E-state index in [-0.39, 0.29) is 6.04 Å². The molecule has 0 heterocycles. The molecule has 0 fully saturated rings. The van der Waals surface area contributed by atoms with Gasteiger partial charge in [-0.25, -0.2) is 0 Å². The van der Waals surface area contributed by atoms with Crippen LogP contribution in [0.3, 0.4) is 0 Å². The zero-order chi connectivity index (χ0) is 22.7. The van der Waals surface area contributed by atoms with E-state index in [1.807, 2.05) is 0 Å². The maximum Gasteiger partial charge on any atom is 0.0900 e. The lowest BCUT2D eigenvalue weighted by Gasteiger charge is -2.36. The summed E-state index contributed by atoms with van der Waals surface area (Å²) in [5.41, 5.74) is 8.33. The molecule has 4 aromatic carbocycles. The number of allylic oxidation sites excluding steroid dienone is 2. The van der Waals surface area contributed by atoms with Crippen molar-refractivity contribution in [3.63, 3.8) is 0 Å². The largest absolute Gasteiger partial charge is 0.298 e. The summed E-state index contributed by atoms with van der Waals surface area (Å²) in [5.74, 6) is 0. The van der Waals surface area contributed by atoms with E-state index in [0.717, 1.165) is 0 Å². The van der Waals surface area contributed by atoms with Gasteiger partial charge in [0.1, 0.15) is 0 Å². The average molecular weight is 428 g/mol. The first kappa shape index (κ1) is 21.2. The Morgan fingerprint density at radius 3 is 1.52 bits per heavy atom. The van der Waals surface area contributed by atoms with Gasteiger partial charge in [-0.05, 0) is 58.9 Å². The van der Waals surface area contributed by atoms with Crippen molar-refractivity contribution in [2.45, 2.75) is 25.4 Å². The normalized spacial score (nSPS) is 18.0. The molecule has 0 aliphatic heterocycles. The summed E-state index contributed by atoms with van der Waals surface area (Å²) in [7, 11) is 0. The fourth-order valence-electron chi connectivity index (χ4n) is 5.00. The summed E-state index contributed by atoms with van der Waals surface area (Å²) >= 11 is 0. The quantitative estimate of drug-likeness (QED) is 0.334. The van der Waals surface area contributed by atoms with E-state index in [0.29, 0.717) is 0 Å². The van der Waals surface area contributed by atoms with Crippen molar-refractivity contribution in [1.82, 2.24) is 5.32 Å². The van der Waals surface area contributed by atoms with Gasteiger partial charge in [-0.2, -0.15) is 0 Å². The number of nitrogens with one attached hydrogen (secondary N) is 1. The van der Waals surface area contributed by atoms with Gasteiger partial charge in [0.15, 0.2) is 0 Å². The van der Waals surface area contributed by atoms with E-state index in [1.54, 1.807) is 0 Å². The molecule has 1 aliphatic carbocycles. The topological polar surface area (TPSA) is 12.0 Å². The highest BCUT2D eigenvalue weighted by atomic mass is 15.0. The lowest BCUT2D eigenvalue weighted by atomic mass is 9.79. The molecule has 0 aromatic heterocycles. The van der Waals surface area contributed by atoms with Gasteiger partial charge in [0.25, 0.3) is 0 Å². The predicted octanol–water partition coefficient (Wildman–Crippen LogP) is 7.59. The summed E-state index contributed by atoms with van der Waals surface area (Å²) in [6, 6.07) is 43.5. The summed E-state index contributed by atoms with van der Waals surface area (Å²) in [6.45, 7) is 4.45. The minimum Gasteiger partial charge on any atom is -0.298 e. The monoisotopic (exact) mass is 427 g/mol. The lowest BCUT2D eigenvalue weighted by molar-refractivity contribution is 0.466. The number of hydrogen-bond donors (Lipinski definition) is 1. The fraction of sp³-hybridized carbons (Fsp3) is 0.125. The minimum atomic E-state index is -0.451. The van der Waals surface area contributed by atoms with Crippen LogP contribution >= 0.6 is 0 Å². The van der Waals surface area contributed by atoms with Crippen molar-refractivity contribution in [3.05, 3.63) is 150 Å². The maximum atomic E-state index is 3.99. The van der Waals surface area contributed by atoms with Crippen molar-refractivity contribution >= 4 is 16.7 Å². The van der Waals surface area contributed by atoms with E-state index in [4.69, 9.17) is 0 Å². The van der Waals surface area contributed by atoms with Gasteiger partial charge in [0.05, 0.1) is 5.54 Å². The number of benzene rings is 4. The second kappa shape index (κ2) is 9.05. The van der Waals surface area contributed by atoms with Crippen molar-refractivity contribution < 1.29 is 0 Å². The van der Waals surface area contributed by atoms with Gasteiger partial charge in [0.2, 0.25) is 0 Å². The first-order chi connectivity index (χ1) is 16.2. The van der Waals surface area contributed by atoms with Gasteiger partial charge in [-0.15, -0.1) is 0 Å². The van der Waals surface area contributed by atoms with E-state index in [1.165, 1.54) is 39.0 Å². The molecule has 0 amide bonds. The van der Waals surface area contributed by atoms with Crippen LogP contribution < -0.4 is 5.32 Å². The van der Waals surface area contributed by atoms with Crippen LogP contribution in [0.15, 0.2) is 127 Å². The van der Waals surface area contributed by atoms with Crippen molar-refractivity contribution in [2.24, 2.45) is 0 Å². The highest BCUT2D eigenvalue weighted by Crippen LogP contribution is 2.53. The molecule has 33 heavy (non-hydrogen) atoms. The summed E-state index contributed by atoms with van der Waals surface area (Å²) < 4.78 is 0. The number of rotatable bonds is 6. The molecule has 1 aliphatic rings. The number of hydrogen-bond acceptors (Lipinski definition) is 1. The predicted molar refractivity (Wildman–Crippen MR) is 141 cm³/mol. The van der Waals surface area contributed by atoms with Crippen LogP contribution in [0.4, 0.5) is 0 Å². The minimum absolute atomic E-state index is 0.285. The smallest absolute Gasteiger partial charge is 0.0900 e. The molecule has 0 spiro atoms. The molecule has 1 N–H and O–H groups in total. The van der Waals surface area contributed by atoms with Gasteiger partial charge in [-0.3, -0.25) is 5.32 Å². The summed E-state index contributed by atoms with van der Waals surface area (Å²) in [4.78, 5) is 0. The molecular formula is C32H29N. The molecule has 0 saturated heterocycles. The van der Waals surface area contributed by atoms with E-state index in [2.05, 4.69) is 147 Å². The highest BCUT2D eigenvalue weighted by molar-refractivity contribution is 6.21. The van der Waals surface area contributed by atoms with Crippen molar-refractivity contribution in [3.8, 4) is 0 Å². The van der Waals surface area contributed by atoms with E-state index >= 15 is 0 Å². The third kappa shape index (κ3) is 3.97. The molecule has 1 nitrogen and oxygen atoms in total. The Morgan fingerprint density at radius 2 is 1.00 bits per heavy atom. The molecule has 1 atom stereocenters. The van der Waals surface area contributed by atoms with Crippen LogP contribution in [-0.4, -0.2) is 6.04 Å². The average Bonchev–Trinajstić information content (AvgIpc) is 3.21. The molecule has 1 heteroatoms. The fourth-order valence-corrected chi connectivity index (χ4v) is 5.00. The third-order valence-electron chi connectivity index (χ3n) is 6.23. The zero-order valence-corrected chi connectivity index (χ0v) is 19.2. The second-order valence-corrected chi connectivity index (χ2v) is 8.88. The SMILES string of the molecule is CC(C)NC1(c2ccccc2)C=C(c2ccccc2)C(c2ccccc2)=C1c1ccccc1. The van der Waals surface area contributed by atoms with Crippen LogP contribution in [0.2, 0.25) is 0 Å². The summed E-state index contributed by atoms with van der Waals surface area (Å²) in [6.07, 6.45) is 2.45. The summed E-state index contributed by atoms with van der Waals surface area (Å²) in [5, 5.41) is 3.99. The zero-order valence-electron chi connectivity index (χ0n) is 19.2. The highest BCUT2D eigenvalue weighted by Gasteiger charge is 2.43. The molecule has 5 rings (SSSR count). The Labute approximate surface area is 197 Å². The van der Waals surface area contributed by atoms with Gasteiger partial charge < -0.3 is 0 Å². The first-order valence-corrected chi connectivity index (χ1v) is 11.7. The lowest BCUT2D eigenvalue weighted by Crippen LogP contribution is -2.44. The Kier molecular flexibility index (Phi) is 5.81. The van der Waals surface area contributed by atoms with Gasteiger partial charge >= 0.3 is 0 Å². The van der Waals surface area contributed by atoms with Crippen LogP contribution in [0.25, 0.3) is 16.7 Å².